The molecule has 42 heavy (non-hydrogen) atoms. The lowest BCUT2D eigenvalue weighted by molar-refractivity contribution is 0.141. The summed E-state index contributed by atoms with van der Waals surface area (Å²) in [5.74, 6) is 0. The molecule has 0 spiro atoms. The number of hydrogen-bond acceptors (Lipinski definition) is 7. The van der Waals surface area contributed by atoms with Crippen molar-refractivity contribution in [2.24, 2.45) is 0 Å². The number of cyclic esters (lactones) is 1. The van der Waals surface area contributed by atoms with Crippen molar-refractivity contribution in [3.63, 3.8) is 0 Å². The van der Waals surface area contributed by atoms with Crippen LogP contribution in [0.5, 0.6) is 0 Å². The smallest absolute Gasteiger partial charge is 0.414 e. The first-order valence-electron chi connectivity index (χ1n) is 13.1. The molecule has 3 N–H and O–H groups in total. The van der Waals surface area contributed by atoms with Crippen LogP contribution in [-0.2, 0) is 21.2 Å². The first-order chi connectivity index (χ1) is 19.9. The van der Waals surface area contributed by atoms with Crippen molar-refractivity contribution in [1.82, 2.24) is 9.71 Å². The van der Waals surface area contributed by atoms with E-state index in [1.54, 1.807) is 63.4 Å². The molecule has 1 aliphatic rings. The van der Waals surface area contributed by atoms with Gasteiger partial charge in [0.1, 0.15) is 11.1 Å². The van der Waals surface area contributed by atoms with Gasteiger partial charge in [-0.1, -0.05) is 36.4 Å². The minimum atomic E-state index is -4.01. The van der Waals surface area contributed by atoms with Crippen molar-refractivity contribution >= 4 is 44.9 Å². The molecule has 1 atom stereocenters. The number of amides is 2. The van der Waals surface area contributed by atoms with Gasteiger partial charge in [-0.2, -0.15) is 0 Å². The Morgan fingerprint density at radius 3 is 2.48 bits per heavy atom. The van der Waals surface area contributed by atoms with Gasteiger partial charge < -0.3 is 9.84 Å². The van der Waals surface area contributed by atoms with Crippen LogP contribution in [0.3, 0.4) is 0 Å². The van der Waals surface area contributed by atoms with Crippen molar-refractivity contribution in [1.29, 1.82) is 0 Å². The minimum Gasteiger partial charge on any atom is -0.465 e. The van der Waals surface area contributed by atoms with Crippen LogP contribution in [0.25, 0.3) is 21.0 Å². The molecule has 218 valence electrons. The van der Waals surface area contributed by atoms with Crippen molar-refractivity contribution in [3.8, 4) is 21.0 Å². The monoisotopic (exact) mass is 606 g/mol. The molecule has 0 bridgehead atoms. The lowest BCUT2D eigenvalue weighted by Gasteiger charge is -2.22. The summed E-state index contributed by atoms with van der Waals surface area (Å²) in [4.78, 5) is 30.3. The van der Waals surface area contributed by atoms with Gasteiger partial charge in [-0.25, -0.2) is 27.7 Å². The van der Waals surface area contributed by atoms with Gasteiger partial charge in [0.2, 0.25) is 10.0 Å². The van der Waals surface area contributed by atoms with Crippen LogP contribution in [0.2, 0.25) is 0 Å². The van der Waals surface area contributed by atoms with Crippen molar-refractivity contribution in [2.45, 2.75) is 43.7 Å². The van der Waals surface area contributed by atoms with Gasteiger partial charge in [0.25, 0.3) is 0 Å². The zero-order chi connectivity index (χ0) is 30.1. The average Bonchev–Trinajstić information content (AvgIpc) is 3.55. The van der Waals surface area contributed by atoms with Crippen LogP contribution < -0.4 is 14.9 Å². The van der Waals surface area contributed by atoms with Crippen LogP contribution in [0.4, 0.5) is 21.0 Å². The lowest BCUT2D eigenvalue weighted by atomic mass is 10.1. The number of sulfonamides is 1. The average molecular weight is 607 g/mol. The predicted molar refractivity (Wildman–Crippen MR) is 162 cm³/mol. The van der Waals surface area contributed by atoms with Crippen molar-refractivity contribution < 1.29 is 27.9 Å². The Balaban J connectivity index is 1.48. The maximum atomic E-state index is 13.7. The number of carbonyl (C=O) groups is 2. The first kappa shape index (κ1) is 29.2. The molecule has 0 aliphatic carbocycles. The molecule has 1 aliphatic heterocycles. The molecule has 0 radical (unpaired) electrons. The molecule has 4 aromatic rings. The second-order valence-corrected chi connectivity index (χ2v) is 13.6. The highest BCUT2D eigenvalue weighted by atomic mass is 32.2. The molecular weight excluding hydrogens is 576 g/mol. The number of aromatic nitrogens is 1. The van der Waals surface area contributed by atoms with E-state index in [0.717, 1.165) is 11.1 Å². The first-order valence-corrected chi connectivity index (χ1v) is 15.4. The zero-order valence-corrected chi connectivity index (χ0v) is 24.8. The summed E-state index contributed by atoms with van der Waals surface area (Å²) in [6.07, 6.45) is 0.100. The quantitative estimate of drug-likeness (QED) is 0.217. The van der Waals surface area contributed by atoms with E-state index in [1.165, 1.54) is 22.3 Å². The fraction of sp³-hybridized carbons (Fsp3) is 0.233. The third kappa shape index (κ3) is 6.78. The van der Waals surface area contributed by atoms with Crippen LogP contribution >= 0.6 is 11.3 Å². The van der Waals surface area contributed by atoms with Crippen LogP contribution in [0.15, 0.2) is 83.9 Å². The minimum absolute atomic E-state index is 0.0189. The highest BCUT2D eigenvalue weighted by molar-refractivity contribution is 7.89. The van der Waals surface area contributed by atoms with Gasteiger partial charge in [0, 0.05) is 40.7 Å². The number of anilines is 2. The standard InChI is InChI=1S/C30H30N4O6S2/c1-30(2,3)33-42(38,39)26-16-22(34-18-23(40-29(34)37)15-19-7-5-4-6-8-19)13-14-24(26)25-17-31-27(41-25)20-9-11-21(12-10-20)32-28(35)36/h4-14,16-17,23,32-33H,15,18H2,1-3H3,(H,35,36). The summed E-state index contributed by atoms with van der Waals surface area (Å²) >= 11 is 1.30. The molecule has 2 amide bonds. The van der Waals surface area contributed by atoms with Crippen LogP contribution in [-0.4, -0.2) is 48.9 Å². The van der Waals surface area contributed by atoms with Gasteiger partial charge in [0.15, 0.2) is 0 Å². The van der Waals surface area contributed by atoms with Gasteiger partial charge in [0.05, 0.1) is 16.3 Å². The van der Waals surface area contributed by atoms with Crippen LogP contribution in [0, 0.1) is 0 Å². The van der Waals surface area contributed by atoms with Crippen LogP contribution in [0.1, 0.15) is 26.3 Å². The zero-order valence-electron chi connectivity index (χ0n) is 23.2. The van der Waals surface area contributed by atoms with E-state index in [0.29, 0.717) is 33.2 Å². The molecule has 1 fully saturated rings. The summed E-state index contributed by atoms with van der Waals surface area (Å²) in [7, 11) is -4.01. The molecule has 1 saturated heterocycles. The SMILES string of the molecule is CC(C)(C)NS(=O)(=O)c1cc(N2CC(Cc3ccccc3)OC2=O)ccc1-c1cnc(-c2ccc(NC(=O)O)cc2)s1. The molecular formula is C30H30N4O6S2. The molecule has 5 rings (SSSR count). The summed E-state index contributed by atoms with van der Waals surface area (Å²) in [5.41, 5.74) is 2.33. The second kappa shape index (κ2) is 11.6. The number of nitrogens with zero attached hydrogens (tertiary/aromatic N) is 2. The Bertz CT molecular complexity index is 1710. The third-order valence-electron chi connectivity index (χ3n) is 6.34. The fourth-order valence-electron chi connectivity index (χ4n) is 4.63. The Kier molecular flexibility index (Phi) is 8.04. The maximum Gasteiger partial charge on any atom is 0.414 e. The largest absolute Gasteiger partial charge is 0.465 e. The molecule has 2 heterocycles. The van der Waals surface area contributed by atoms with Gasteiger partial charge in [-0.15, -0.1) is 11.3 Å². The predicted octanol–water partition coefficient (Wildman–Crippen LogP) is 6.21. The number of benzene rings is 3. The van der Waals surface area contributed by atoms with Gasteiger partial charge in [-0.3, -0.25) is 10.2 Å². The topological polar surface area (TPSA) is 138 Å². The number of carbonyl (C=O) groups excluding carboxylic acids is 1. The molecule has 12 heteroatoms. The summed E-state index contributed by atoms with van der Waals surface area (Å²) in [6.45, 7) is 5.56. The molecule has 1 aromatic heterocycles. The molecule has 3 aromatic carbocycles. The van der Waals surface area contributed by atoms with E-state index < -0.39 is 27.7 Å². The van der Waals surface area contributed by atoms with E-state index >= 15 is 0 Å². The van der Waals surface area contributed by atoms with E-state index in [9.17, 15) is 18.0 Å². The number of thiazole rings is 1. The summed E-state index contributed by atoms with van der Waals surface area (Å²) in [6, 6.07) is 21.3. The Morgan fingerprint density at radius 2 is 1.81 bits per heavy atom. The third-order valence-corrected chi connectivity index (χ3v) is 9.22. The van der Waals surface area contributed by atoms with E-state index in [4.69, 9.17) is 9.84 Å². The Hall–Kier alpha value is -4.26. The maximum absolute atomic E-state index is 13.7. The highest BCUT2D eigenvalue weighted by Gasteiger charge is 2.34. The van der Waals surface area contributed by atoms with Crippen molar-refractivity contribution in [2.75, 3.05) is 16.8 Å². The molecule has 10 nitrogen and oxygen atoms in total. The number of rotatable bonds is 8. The van der Waals surface area contributed by atoms with Crippen molar-refractivity contribution in [3.05, 3.63) is 84.6 Å². The van der Waals surface area contributed by atoms with Gasteiger partial charge >= 0.3 is 12.2 Å². The second-order valence-electron chi connectivity index (χ2n) is 10.9. The molecule has 1 unspecified atom stereocenters. The Labute approximate surface area is 248 Å². The molecule has 0 saturated carbocycles. The van der Waals surface area contributed by atoms with Gasteiger partial charge in [-0.05, 0) is 62.7 Å². The number of nitrogens with one attached hydrogen (secondary N) is 2. The summed E-state index contributed by atoms with van der Waals surface area (Å²) < 4.78 is 35.7. The highest BCUT2D eigenvalue weighted by Crippen LogP contribution is 2.38. The normalized spacial score (nSPS) is 15.5. The number of carboxylic acid groups (broad SMARTS) is 1. The fourth-order valence-corrected chi connectivity index (χ4v) is 7.32. The van der Waals surface area contributed by atoms with E-state index in [1.807, 2.05) is 30.3 Å². The van der Waals surface area contributed by atoms with E-state index in [-0.39, 0.29) is 17.5 Å². The summed E-state index contributed by atoms with van der Waals surface area (Å²) in [5, 5.41) is 11.8. The number of hydrogen-bond donors (Lipinski definition) is 3. The van der Waals surface area contributed by atoms with E-state index in [2.05, 4.69) is 15.0 Å². The number of ether oxygens (including phenoxy) is 1. The Morgan fingerprint density at radius 1 is 1.10 bits per heavy atom. The lowest BCUT2D eigenvalue weighted by Crippen LogP contribution is -2.40.